The van der Waals surface area contributed by atoms with E-state index in [4.69, 9.17) is 9.47 Å². The highest BCUT2D eigenvalue weighted by molar-refractivity contribution is 5.93. The molecule has 0 fully saturated rings. The van der Waals surface area contributed by atoms with Gasteiger partial charge in [-0.15, -0.1) is 9.81 Å². The summed E-state index contributed by atoms with van der Waals surface area (Å²) < 4.78 is 12.3. The summed E-state index contributed by atoms with van der Waals surface area (Å²) in [6.45, 7) is 1.93. The van der Waals surface area contributed by atoms with E-state index in [1.54, 1.807) is 25.3 Å². The van der Waals surface area contributed by atoms with E-state index in [0.717, 1.165) is 33.0 Å². The Morgan fingerprint density at radius 2 is 1.88 bits per heavy atom. The van der Waals surface area contributed by atoms with E-state index < -0.39 is 0 Å². The minimum atomic E-state index is -0.385. The van der Waals surface area contributed by atoms with Crippen molar-refractivity contribution < 1.29 is 9.47 Å². The minimum Gasteiger partial charge on any atom is -0.500 e. The number of methoxy groups -OCH3 is 1. The number of allylic oxidation sites excluding steroid dienone is 5. The molecule has 0 saturated heterocycles. The van der Waals surface area contributed by atoms with Crippen LogP contribution in [-0.4, -0.2) is 7.11 Å². The standard InChI is InChI=1S/C28H20N2O4/c1-3-4-8-23(33-2)28-26-21-15-19(29-31)7-5-6-17(21)10-13-24(26)34-25-14-11-18-9-12-20(30-32)16-22(18)27(25)28/h3-4,8-16,28H,7H2,1-2H3/b4-3+,23-8-. The third kappa shape index (κ3) is 3.48. The molecule has 5 rings (SSSR count). The van der Waals surface area contributed by atoms with E-state index in [-0.39, 0.29) is 12.3 Å². The van der Waals surface area contributed by atoms with Gasteiger partial charge < -0.3 is 9.47 Å². The third-order valence-corrected chi connectivity index (χ3v) is 6.05. The molecule has 1 unspecified atom stereocenters. The first-order chi connectivity index (χ1) is 16.7. The van der Waals surface area contributed by atoms with Crippen LogP contribution >= 0.6 is 0 Å². The van der Waals surface area contributed by atoms with Gasteiger partial charge in [-0.05, 0) is 70.5 Å². The fourth-order valence-corrected chi connectivity index (χ4v) is 4.55. The van der Waals surface area contributed by atoms with Gasteiger partial charge in [-0.1, -0.05) is 36.1 Å². The molecule has 1 heterocycles. The molecule has 166 valence electrons. The Morgan fingerprint density at radius 3 is 2.65 bits per heavy atom. The summed E-state index contributed by atoms with van der Waals surface area (Å²) >= 11 is 0. The molecule has 1 atom stereocenters. The van der Waals surface area contributed by atoms with Crippen LogP contribution in [-0.2, 0) is 4.74 Å². The number of nitrogens with zero attached hydrogens (tertiary/aromatic N) is 2. The molecule has 6 heteroatoms. The second kappa shape index (κ2) is 8.80. The van der Waals surface area contributed by atoms with Gasteiger partial charge in [0.15, 0.2) is 0 Å². The molecule has 0 N–H and O–H groups in total. The molecule has 1 aliphatic carbocycles. The van der Waals surface area contributed by atoms with Crippen LogP contribution in [0.15, 0.2) is 82.5 Å². The Hall–Kier alpha value is -4.50. The van der Waals surface area contributed by atoms with Crippen molar-refractivity contribution in [3.05, 3.63) is 104 Å². The van der Waals surface area contributed by atoms with Gasteiger partial charge >= 0.3 is 0 Å². The van der Waals surface area contributed by atoms with Gasteiger partial charge in [-0.3, -0.25) is 0 Å². The number of benzene rings is 3. The molecule has 0 spiro atoms. The number of hydrogen-bond donors (Lipinski definition) is 0. The molecule has 0 radical (unpaired) electrons. The summed E-state index contributed by atoms with van der Waals surface area (Å²) in [7, 11) is 1.63. The molecule has 0 bridgehead atoms. The number of ether oxygens (including phenoxy) is 2. The van der Waals surface area contributed by atoms with Gasteiger partial charge in [0, 0.05) is 22.3 Å². The molecule has 3 aromatic carbocycles. The fraction of sp³-hybridized carbons (Fsp3) is 0.143. The van der Waals surface area contributed by atoms with Crippen LogP contribution in [0.1, 0.15) is 41.5 Å². The molecule has 0 saturated carbocycles. The lowest BCUT2D eigenvalue weighted by Gasteiger charge is -2.32. The highest BCUT2D eigenvalue weighted by atomic mass is 16.5. The molecular weight excluding hydrogens is 428 g/mol. The zero-order valence-electron chi connectivity index (χ0n) is 18.7. The molecule has 6 nitrogen and oxygen atoms in total. The van der Waals surface area contributed by atoms with Gasteiger partial charge in [-0.2, -0.15) is 0 Å². The Kier molecular flexibility index (Phi) is 5.52. The number of rotatable bonds is 5. The molecule has 2 aliphatic rings. The Balaban J connectivity index is 1.90. The monoisotopic (exact) mass is 448 g/mol. The van der Waals surface area contributed by atoms with Gasteiger partial charge in [0.25, 0.3) is 0 Å². The topological polar surface area (TPSA) is 77.3 Å². The first kappa shape index (κ1) is 21.4. The van der Waals surface area contributed by atoms with E-state index in [1.807, 2.05) is 55.5 Å². The maximum Gasteiger partial charge on any atom is 0.132 e. The first-order valence-electron chi connectivity index (χ1n) is 10.8. The normalized spacial score (nSPS) is 16.2. The van der Waals surface area contributed by atoms with Crippen molar-refractivity contribution in [1.82, 2.24) is 0 Å². The Labute approximate surface area is 196 Å². The van der Waals surface area contributed by atoms with Crippen molar-refractivity contribution in [3.8, 4) is 23.3 Å². The van der Waals surface area contributed by atoms with Crippen LogP contribution in [0.4, 0.5) is 5.69 Å². The van der Waals surface area contributed by atoms with Crippen molar-refractivity contribution in [2.45, 2.75) is 19.3 Å². The highest BCUT2D eigenvalue weighted by Gasteiger charge is 2.35. The predicted molar refractivity (Wildman–Crippen MR) is 133 cm³/mol. The van der Waals surface area contributed by atoms with Crippen molar-refractivity contribution in [2.24, 2.45) is 10.4 Å². The van der Waals surface area contributed by atoms with Gasteiger partial charge in [0.1, 0.15) is 22.9 Å². The third-order valence-electron chi connectivity index (χ3n) is 6.05. The van der Waals surface area contributed by atoms with Crippen molar-refractivity contribution in [2.75, 3.05) is 7.11 Å². The van der Waals surface area contributed by atoms with Gasteiger partial charge in [-0.25, -0.2) is 0 Å². The highest BCUT2D eigenvalue weighted by Crippen LogP contribution is 2.52. The molecule has 34 heavy (non-hydrogen) atoms. The van der Waals surface area contributed by atoms with Crippen LogP contribution in [0.25, 0.3) is 16.8 Å². The number of nitroso groups, excluding NO2 is 2. The van der Waals surface area contributed by atoms with E-state index in [2.05, 4.69) is 22.2 Å². The van der Waals surface area contributed by atoms with E-state index >= 15 is 0 Å². The maximum atomic E-state index is 11.4. The minimum absolute atomic E-state index is 0.276. The van der Waals surface area contributed by atoms with Crippen LogP contribution in [0.3, 0.4) is 0 Å². The summed E-state index contributed by atoms with van der Waals surface area (Å²) in [5, 5.41) is 8.09. The van der Waals surface area contributed by atoms with Crippen LogP contribution in [0.5, 0.6) is 11.5 Å². The van der Waals surface area contributed by atoms with Crippen LogP contribution in [0, 0.1) is 21.7 Å². The van der Waals surface area contributed by atoms with Crippen molar-refractivity contribution in [3.63, 3.8) is 0 Å². The zero-order valence-corrected chi connectivity index (χ0v) is 18.7. The quantitative estimate of drug-likeness (QED) is 0.176. The maximum absolute atomic E-state index is 11.4. The largest absolute Gasteiger partial charge is 0.500 e. The second-order valence-electron chi connectivity index (χ2n) is 7.95. The van der Waals surface area contributed by atoms with Gasteiger partial charge in [0.05, 0.1) is 25.1 Å². The first-order valence-corrected chi connectivity index (χ1v) is 10.8. The number of fused-ring (bicyclic) bond motifs is 6. The number of hydrogen-bond acceptors (Lipinski definition) is 6. The molecule has 3 aromatic rings. The molecular formula is C28H20N2O4. The van der Waals surface area contributed by atoms with Crippen LogP contribution in [0.2, 0.25) is 0 Å². The fourth-order valence-electron chi connectivity index (χ4n) is 4.55. The van der Waals surface area contributed by atoms with E-state index in [9.17, 15) is 9.81 Å². The summed E-state index contributed by atoms with van der Waals surface area (Å²) in [6.07, 6.45) is 7.78. The Morgan fingerprint density at radius 1 is 1.09 bits per heavy atom. The second-order valence-corrected chi connectivity index (χ2v) is 7.95. The van der Waals surface area contributed by atoms with E-state index in [1.165, 1.54) is 0 Å². The molecule has 0 aromatic heterocycles. The zero-order chi connectivity index (χ0) is 23.7. The van der Waals surface area contributed by atoms with E-state index in [0.29, 0.717) is 28.6 Å². The average Bonchev–Trinajstić information content (AvgIpc) is 3.10. The van der Waals surface area contributed by atoms with Gasteiger partial charge in [0.2, 0.25) is 0 Å². The molecule has 1 aliphatic heterocycles. The predicted octanol–water partition coefficient (Wildman–Crippen LogP) is 7.44. The smallest absolute Gasteiger partial charge is 0.132 e. The lowest BCUT2D eigenvalue weighted by atomic mass is 9.79. The summed E-state index contributed by atoms with van der Waals surface area (Å²) in [5.41, 5.74) is 3.92. The Bertz CT molecular complexity index is 1500. The van der Waals surface area contributed by atoms with Crippen LogP contribution < -0.4 is 4.74 Å². The summed E-state index contributed by atoms with van der Waals surface area (Å²) in [5.74, 6) is 7.77. The SMILES string of the molecule is C/C=C/C=C(\OC)C1c2c(ccc3c2C=C(N=O)CC#C3)Oc2ccc3ccc(N=O)cc3c21. The van der Waals surface area contributed by atoms with Crippen molar-refractivity contribution in [1.29, 1.82) is 0 Å². The molecule has 0 amide bonds. The summed E-state index contributed by atoms with van der Waals surface area (Å²) in [6, 6.07) is 13.0. The van der Waals surface area contributed by atoms with Crippen molar-refractivity contribution >= 4 is 22.5 Å². The lowest BCUT2D eigenvalue weighted by Crippen LogP contribution is -2.16. The lowest BCUT2D eigenvalue weighted by molar-refractivity contribution is 0.268. The average molecular weight is 448 g/mol. The summed E-state index contributed by atoms with van der Waals surface area (Å²) in [4.78, 5) is 22.8.